The summed E-state index contributed by atoms with van der Waals surface area (Å²) >= 11 is 4.50. The molecule has 0 saturated carbocycles. The fraction of sp³-hybridized carbons (Fsp3) is 0.429. The summed E-state index contributed by atoms with van der Waals surface area (Å²) in [5.41, 5.74) is 0.768. The lowest BCUT2D eigenvalue weighted by Gasteiger charge is -2.07. The van der Waals surface area contributed by atoms with E-state index in [2.05, 4.69) is 29.8 Å². The monoisotopic (exact) mass is 357 g/mol. The molecule has 1 heterocycles. The van der Waals surface area contributed by atoms with Gasteiger partial charge in [-0.2, -0.15) is 0 Å². The van der Waals surface area contributed by atoms with E-state index in [9.17, 15) is 9.59 Å². The third-order valence-corrected chi connectivity index (χ3v) is 4.31. The number of esters is 1. The molecule has 0 aliphatic heterocycles. The number of thiazole rings is 1. The van der Waals surface area contributed by atoms with Crippen molar-refractivity contribution in [2.24, 2.45) is 5.92 Å². The third kappa shape index (κ3) is 3.70. The molecule has 0 saturated heterocycles. The van der Waals surface area contributed by atoms with Gasteiger partial charge >= 0.3 is 10.8 Å². The maximum Gasteiger partial charge on any atom is 0.326 e. The maximum absolute atomic E-state index is 11.9. The standard InChI is InChI=1S/C14H16BrNO3S/c1-9(2)5-6-19-13(17)8-16-11-4-3-10(15)7-12(11)20-14(16)18/h3-4,7,9H,5-6,8H2,1-2H3. The average Bonchev–Trinajstić information content (AvgIpc) is 2.64. The molecular weight excluding hydrogens is 342 g/mol. The number of fused-ring (bicyclic) bond motifs is 1. The lowest BCUT2D eigenvalue weighted by molar-refractivity contribution is -0.144. The second-order valence-electron chi connectivity index (χ2n) is 4.97. The number of carbonyl (C=O) groups is 1. The fourth-order valence-electron chi connectivity index (χ4n) is 1.77. The van der Waals surface area contributed by atoms with Crippen LogP contribution in [0.1, 0.15) is 20.3 Å². The topological polar surface area (TPSA) is 48.3 Å². The Hall–Kier alpha value is -1.14. The van der Waals surface area contributed by atoms with Crippen LogP contribution in [0.4, 0.5) is 0 Å². The zero-order chi connectivity index (χ0) is 14.7. The van der Waals surface area contributed by atoms with Gasteiger partial charge in [0.2, 0.25) is 0 Å². The number of benzene rings is 1. The number of nitrogens with zero attached hydrogens (tertiary/aromatic N) is 1. The Morgan fingerprint density at radius 3 is 2.90 bits per heavy atom. The molecule has 6 heteroatoms. The van der Waals surface area contributed by atoms with E-state index in [1.165, 1.54) is 4.57 Å². The second-order valence-corrected chi connectivity index (χ2v) is 6.88. The molecule has 1 aromatic carbocycles. The Morgan fingerprint density at radius 2 is 2.20 bits per heavy atom. The van der Waals surface area contributed by atoms with Gasteiger partial charge in [0, 0.05) is 4.47 Å². The summed E-state index contributed by atoms with van der Waals surface area (Å²) in [6, 6.07) is 5.57. The molecule has 0 radical (unpaired) electrons. The van der Waals surface area contributed by atoms with Gasteiger partial charge in [-0.05, 0) is 30.5 Å². The average molecular weight is 358 g/mol. The number of aromatic nitrogens is 1. The van der Waals surface area contributed by atoms with Gasteiger partial charge < -0.3 is 4.74 Å². The van der Waals surface area contributed by atoms with Crippen LogP contribution in [0.25, 0.3) is 10.2 Å². The molecule has 0 amide bonds. The summed E-state index contributed by atoms with van der Waals surface area (Å²) in [6.07, 6.45) is 0.831. The number of rotatable bonds is 5. The molecule has 2 rings (SSSR count). The summed E-state index contributed by atoms with van der Waals surface area (Å²) in [4.78, 5) is 23.6. The quantitative estimate of drug-likeness (QED) is 0.770. The molecule has 0 spiro atoms. The molecule has 20 heavy (non-hydrogen) atoms. The Balaban J connectivity index is 2.11. The van der Waals surface area contributed by atoms with Crippen LogP contribution in [0, 0.1) is 5.92 Å². The summed E-state index contributed by atoms with van der Waals surface area (Å²) in [5.74, 6) is 0.125. The summed E-state index contributed by atoms with van der Waals surface area (Å²) in [5, 5.41) is 0. The van der Waals surface area contributed by atoms with Crippen LogP contribution in [0.3, 0.4) is 0 Å². The van der Waals surface area contributed by atoms with Gasteiger partial charge in [0.1, 0.15) is 6.54 Å². The summed E-state index contributed by atoms with van der Waals surface area (Å²) < 4.78 is 8.39. The van der Waals surface area contributed by atoms with Crippen molar-refractivity contribution < 1.29 is 9.53 Å². The smallest absolute Gasteiger partial charge is 0.326 e. The van der Waals surface area contributed by atoms with Gasteiger partial charge in [-0.25, -0.2) is 0 Å². The Kier molecular flexibility index (Phi) is 4.99. The number of hydrogen-bond donors (Lipinski definition) is 0. The van der Waals surface area contributed by atoms with Crippen LogP contribution in [-0.2, 0) is 16.1 Å². The molecular formula is C14H16BrNO3S. The molecule has 0 atom stereocenters. The molecule has 0 N–H and O–H groups in total. The zero-order valence-electron chi connectivity index (χ0n) is 11.4. The van der Waals surface area contributed by atoms with Crippen molar-refractivity contribution in [2.45, 2.75) is 26.8 Å². The molecule has 0 bridgehead atoms. The van der Waals surface area contributed by atoms with Crippen molar-refractivity contribution in [1.29, 1.82) is 0 Å². The first kappa shape index (κ1) is 15.3. The SMILES string of the molecule is CC(C)CCOC(=O)Cn1c(=O)sc2cc(Br)ccc21. The van der Waals surface area contributed by atoms with Gasteiger partial charge in [0.05, 0.1) is 16.8 Å². The van der Waals surface area contributed by atoms with Crippen LogP contribution in [0.2, 0.25) is 0 Å². The van der Waals surface area contributed by atoms with E-state index in [-0.39, 0.29) is 17.4 Å². The molecule has 0 aliphatic rings. The van der Waals surface area contributed by atoms with E-state index in [4.69, 9.17) is 4.74 Å². The van der Waals surface area contributed by atoms with Crippen LogP contribution in [0.5, 0.6) is 0 Å². The highest BCUT2D eigenvalue weighted by molar-refractivity contribution is 9.10. The molecule has 0 aliphatic carbocycles. The Labute approximate surface area is 129 Å². The minimum Gasteiger partial charge on any atom is -0.464 e. The van der Waals surface area contributed by atoms with Crippen LogP contribution in [0.15, 0.2) is 27.5 Å². The number of carbonyl (C=O) groups excluding carboxylic acids is 1. The van der Waals surface area contributed by atoms with Crippen molar-refractivity contribution in [2.75, 3.05) is 6.61 Å². The first-order valence-electron chi connectivity index (χ1n) is 6.42. The van der Waals surface area contributed by atoms with Crippen molar-refractivity contribution in [3.05, 3.63) is 32.3 Å². The van der Waals surface area contributed by atoms with Crippen LogP contribution in [-0.4, -0.2) is 17.1 Å². The van der Waals surface area contributed by atoms with Crippen molar-refractivity contribution >= 4 is 43.5 Å². The Bertz CT molecular complexity index is 675. The third-order valence-electron chi connectivity index (χ3n) is 2.88. The van der Waals surface area contributed by atoms with E-state index in [0.29, 0.717) is 12.5 Å². The largest absolute Gasteiger partial charge is 0.464 e. The summed E-state index contributed by atoms with van der Waals surface area (Å²) in [7, 11) is 0. The van der Waals surface area contributed by atoms with Gasteiger partial charge in [0.25, 0.3) is 0 Å². The minimum absolute atomic E-state index is 0.0292. The maximum atomic E-state index is 11.9. The minimum atomic E-state index is -0.365. The lowest BCUT2D eigenvalue weighted by Crippen LogP contribution is -2.21. The predicted octanol–water partition coefficient (Wildman–Crippen LogP) is 3.41. The van der Waals surface area contributed by atoms with Crippen molar-refractivity contribution in [1.82, 2.24) is 4.57 Å². The predicted molar refractivity (Wildman–Crippen MR) is 84.2 cm³/mol. The van der Waals surface area contributed by atoms with E-state index >= 15 is 0 Å². The van der Waals surface area contributed by atoms with Crippen LogP contribution < -0.4 is 4.87 Å². The van der Waals surface area contributed by atoms with E-state index in [0.717, 1.165) is 32.4 Å². The highest BCUT2D eigenvalue weighted by atomic mass is 79.9. The second kappa shape index (κ2) is 6.54. The normalized spacial score (nSPS) is 11.2. The summed E-state index contributed by atoms with van der Waals surface area (Å²) in [6.45, 7) is 4.52. The van der Waals surface area contributed by atoms with Gasteiger partial charge in [-0.3, -0.25) is 14.2 Å². The lowest BCUT2D eigenvalue weighted by atomic mass is 10.1. The van der Waals surface area contributed by atoms with Crippen molar-refractivity contribution in [3.63, 3.8) is 0 Å². The van der Waals surface area contributed by atoms with Gasteiger partial charge in [-0.1, -0.05) is 41.1 Å². The van der Waals surface area contributed by atoms with Gasteiger partial charge in [-0.15, -0.1) is 0 Å². The number of hydrogen-bond acceptors (Lipinski definition) is 4. The van der Waals surface area contributed by atoms with Crippen molar-refractivity contribution in [3.8, 4) is 0 Å². The first-order chi connectivity index (χ1) is 9.47. The fourth-order valence-corrected chi connectivity index (χ4v) is 3.22. The van der Waals surface area contributed by atoms with Gasteiger partial charge in [0.15, 0.2) is 0 Å². The molecule has 0 unspecified atom stereocenters. The molecule has 4 nitrogen and oxygen atoms in total. The Morgan fingerprint density at radius 1 is 1.45 bits per heavy atom. The van der Waals surface area contributed by atoms with E-state index < -0.39 is 0 Å². The van der Waals surface area contributed by atoms with Crippen LogP contribution >= 0.6 is 27.3 Å². The first-order valence-corrected chi connectivity index (χ1v) is 8.03. The number of halogens is 1. The molecule has 1 aromatic heterocycles. The molecule has 2 aromatic rings. The van der Waals surface area contributed by atoms with E-state index in [1.54, 1.807) is 0 Å². The highest BCUT2D eigenvalue weighted by Crippen LogP contribution is 2.22. The van der Waals surface area contributed by atoms with E-state index in [1.807, 2.05) is 18.2 Å². The molecule has 0 fully saturated rings. The zero-order valence-corrected chi connectivity index (χ0v) is 13.8. The number of ether oxygens (including phenoxy) is 1. The molecule has 108 valence electrons. The highest BCUT2D eigenvalue weighted by Gasteiger charge is 2.12.